The predicted octanol–water partition coefficient (Wildman–Crippen LogP) is 5.47. The van der Waals surface area contributed by atoms with Crippen LogP contribution < -0.4 is 19.7 Å². The van der Waals surface area contributed by atoms with Crippen molar-refractivity contribution in [1.29, 1.82) is 0 Å². The molecule has 33 heavy (non-hydrogen) atoms. The molecule has 1 aliphatic heterocycles. The molecule has 4 rings (SSSR count). The summed E-state index contributed by atoms with van der Waals surface area (Å²) < 4.78 is 64.4. The molecule has 1 N–H and O–H groups in total. The number of nitrogens with zero attached hydrogens (tertiary/aromatic N) is 1. The van der Waals surface area contributed by atoms with Crippen LogP contribution in [0.2, 0.25) is 0 Å². The van der Waals surface area contributed by atoms with E-state index in [0.717, 1.165) is 29.8 Å². The molecule has 1 heterocycles. The number of rotatable bonds is 6. The zero-order valence-corrected chi connectivity index (χ0v) is 18.5. The van der Waals surface area contributed by atoms with Crippen molar-refractivity contribution >= 4 is 17.3 Å². The van der Waals surface area contributed by atoms with Gasteiger partial charge in [0.25, 0.3) is 0 Å². The third-order valence-electron chi connectivity index (χ3n) is 6.49. The molecule has 0 unspecified atom stereocenters. The van der Waals surface area contributed by atoms with Gasteiger partial charge in [0.05, 0.1) is 19.6 Å². The summed E-state index contributed by atoms with van der Waals surface area (Å²) in [6, 6.07) is 8.05. The second kappa shape index (κ2) is 8.76. The maximum absolute atomic E-state index is 13.3. The number of alkyl halides is 3. The monoisotopic (exact) mass is 466 g/mol. The fourth-order valence-corrected chi connectivity index (χ4v) is 4.45. The molecular formula is C24H26F4N2O3. The lowest BCUT2D eigenvalue weighted by molar-refractivity contribution is -0.189. The van der Waals surface area contributed by atoms with Crippen LogP contribution in [0.3, 0.4) is 0 Å². The van der Waals surface area contributed by atoms with Gasteiger partial charge in [-0.3, -0.25) is 4.79 Å². The maximum atomic E-state index is 13.3. The van der Waals surface area contributed by atoms with E-state index in [-0.39, 0.29) is 24.3 Å². The summed E-state index contributed by atoms with van der Waals surface area (Å²) in [5, 5.41) is 2.62. The third kappa shape index (κ3) is 4.58. The topological polar surface area (TPSA) is 50.8 Å². The van der Waals surface area contributed by atoms with Gasteiger partial charge < -0.3 is 19.7 Å². The molecule has 1 saturated carbocycles. The van der Waals surface area contributed by atoms with E-state index in [2.05, 4.69) is 10.2 Å². The maximum Gasteiger partial charge on any atom is 0.395 e. The Labute approximate surface area is 189 Å². The molecule has 0 atom stereocenters. The minimum absolute atomic E-state index is 0.0401. The van der Waals surface area contributed by atoms with E-state index in [0.29, 0.717) is 24.5 Å². The van der Waals surface area contributed by atoms with Crippen LogP contribution >= 0.6 is 0 Å². The average molecular weight is 466 g/mol. The number of hydrogen-bond acceptors (Lipinski definition) is 4. The zero-order chi connectivity index (χ0) is 23.8. The number of fused-ring (bicyclic) bond motifs is 1. The van der Waals surface area contributed by atoms with Crippen molar-refractivity contribution in [1.82, 2.24) is 0 Å². The summed E-state index contributed by atoms with van der Waals surface area (Å²) in [5.41, 5.74) is 0.977. The van der Waals surface area contributed by atoms with Crippen molar-refractivity contribution in [3.8, 4) is 11.5 Å². The highest BCUT2D eigenvalue weighted by atomic mass is 19.4. The first kappa shape index (κ1) is 23.2. The molecule has 2 aromatic carbocycles. The summed E-state index contributed by atoms with van der Waals surface area (Å²) in [6.07, 6.45) is -3.69. The number of carbonyl (C=O) groups excluding carboxylic acids is 1. The number of ether oxygens (including phenoxy) is 2. The van der Waals surface area contributed by atoms with Gasteiger partial charge in [-0.25, -0.2) is 4.39 Å². The molecule has 0 radical (unpaired) electrons. The van der Waals surface area contributed by atoms with E-state index in [9.17, 15) is 22.4 Å². The lowest BCUT2D eigenvalue weighted by Gasteiger charge is -2.25. The Balaban J connectivity index is 1.63. The Morgan fingerprint density at radius 2 is 1.85 bits per heavy atom. The number of methoxy groups -OCH3 is 2. The van der Waals surface area contributed by atoms with Crippen LogP contribution in [0.25, 0.3) is 0 Å². The Bertz CT molecular complexity index is 1030. The van der Waals surface area contributed by atoms with Crippen LogP contribution in [-0.4, -0.2) is 32.8 Å². The lowest BCUT2D eigenvalue weighted by atomic mass is 9.99. The van der Waals surface area contributed by atoms with Gasteiger partial charge in [-0.05, 0) is 61.6 Å². The van der Waals surface area contributed by atoms with Crippen molar-refractivity contribution in [2.75, 3.05) is 31.0 Å². The van der Waals surface area contributed by atoms with Crippen molar-refractivity contribution in [2.45, 2.75) is 44.8 Å². The van der Waals surface area contributed by atoms with Gasteiger partial charge in [0.15, 0.2) is 0 Å². The van der Waals surface area contributed by atoms with Crippen molar-refractivity contribution < 1.29 is 31.8 Å². The third-order valence-corrected chi connectivity index (χ3v) is 6.49. The first-order valence-electron chi connectivity index (χ1n) is 10.8. The second-order valence-electron chi connectivity index (χ2n) is 8.63. The van der Waals surface area contributed by atoms with Gasteiger partial charge in [-0.1, -0.05) is 0 Å². The summed E-state index contributed by atoms with van der Waals surface area (Å²) in [4.78, 5) is 14.7. The van der Waals surface area contributed by atoms with Crippen molar-refractivity contribution in [3.05, 3.63) is 47.3 Å². The number of halogens is 4. The number of hydrogen-bond donors (Lipinski definition) is 1. The molecule has 1 aliphatic carbocycles. The molecule has 0 spiro atoms. The van der Waals surface area contributed by atoms with E-state index in [1.54, 1.807) is 18.2 Å². The molecule has 1 amide bonds. The highest BCUT2D eigenvalue weighted by Gasteiger charge is 2.63. The fraction of sp³-hybridized carbons (Fsp3) is 0.458. The van der Waals surface area contributed by atoms with Crippen LogP contribution in [0.5, 0.6) is 11.5 Å². The minimum Gasteiger partial charge on any atom is -0.494 e. The Hall–Kier alpha value is -2.97. The number of nitrogens with one attached hydrogen (secondary N) is 1. The Morgan fingerprint density at radius 1 is 1.15 bits per heavy atom. The number of carbonyl (C=O) groups is 1. The predicted molar refractivity (Wildman–Crippen MR) is 116 cm³/mol. The first-order valence-corrected chi connectivity index (χ1v) is 10.8. The van der Waals surface area contributed by atoms with Gasteiger partial charge >= 0.3 is 6.18 Å². The van der Waals surface area contributed by atoms with E-state index < -0.39 is 23.9 Å². The molecule has 1 fully saturated rings. The van der Waals surface area contributed by atoms with Crippen LogP contribution in [0, 0.1) is 11.2 Å². The molecule has 2 aromatic rings. The molecule has 0 aromatic heterocycles. The van der Waals surface area contributed by atoms with Crippen LogP contribution in [0.15, 0.2) is 30.3 Å². The number of amides is 1. The number of anilines is 2. The average Bonchev–Trinajstić information content (AvgIpc) is 3.57. The Morgan fingerprint density at radius 3 is 2.42 bits per heavy atom. The highest BCUT2D eigenvalue weighted by Crippen LogP contribution is 2.60. The van der Waals surface area contributed by atoms with Crippen LogP contribution in [0.1, 0.15) is 36.8 Å². The van der Waals surface area contributed by atoms with Crippen molar-refractivity contribution in [3.63, 3.8) is 0 Å². The van der Waals surface area contributed by atoms with Gasteiger partial charge in [0, 0.05) is 30.8 Å². The second-order valence-corrected chi connectivity index (χ2v) is 8.63. The molecule has 178 valence electrons. The van der Waals surface area contributed by atoms with Gasteiger partial charge in [-0.2, -0.15) is 13.2 Å². The van der Waals surface area contributed by atoms with E-state index in [1.165, 1.54) is 26.4 Å². The van der Waals surface area contributed by atoms with Crippen LogP contribution in [-0.2, 0) is 17.8 Å². The summed E-state index contributed by atoms with van der Waals surface area (Å²) >= 11 is 0. The molecule has 0 saturated heterocycles. The summed E-state index contributed by atoms with van der Waals surface area (Å²) in [5.74, 6) is -0.314. The van der Waals surface area contributed by atoms with E-state index in [1.807, 2.05) is 0 Å². The van der Waals surface area contributed by atoms with Crippen molar-refractivity contribution in [2.24, 2.45) is 5.41 Å². The minimum atomic E-state index is -4.41. The lowest BCUT2D eigenvalue weighted by Crippen LogP contribution is -2.29. The largest absolute Gasteiger partial charge is 0.494 e. The standard InChI is InChI=1S/C24H26F4N2O3/c1-32-19-12-15-14-30(17-7-5-16(25)6-8-17)11-3-4-18(15)22(33-2)21(19)29-20(31)13-23(9-10-23)24(26,27)28/h5-8,12H,3-4,9-11,13-14H2,1-2H3,(H,29,31). The first-order chi connectivity index (χ1) is 15.7. The Kier molecular flexibility index (Phi) is 6.16. The molecular weight excluding hydrogens is 440 g/mol. The highest BCUT2D eigenvalue weighted by molar-refractivity contribution is 5.95. The van der Waals surface area contributed by atoms with E-state index in [4.69, 9.17) is 9.47 Å². The molecule has 0 bridgehead atoms. The fourth-order valence-electron chi connectivity index (χ4n) is 4.45. The smallest absolute Gasteiger partial charge is 0.395 e. The summed E-state index contributed by atoms with van der Waals surface area (Å²) in [6.45, 7) is 1.24. The quantitative estimate of drug-likeness (QED) is 0.574. The normalized spacial score (nSPS) is 17.1. The molecule has 5 nitrogen and oxygen atoms in total. The SMILES string of the molecule is COc1cc2c(c(OC)c1NC(=O)CC1(C(F)(F)F)CC1)CCCN(c1ccc(F)cc1)C2. The molecule has 2 aliphatic rings. The number of benzene rings is 2. The molecule has 9 heteroatoms. The summed E-state index contributed by atoms with van der Waals surface area (Å²) in [7, 11) is 2.90. The van der Waals surface area contributed by atoms with E-state index >= 15 is 0 Å². The van der Waals surface area contributed by atoms with Gasteiger partial charge in [0.1, 0.15) is 23.0 Å². The zero-order valence-electron chi connectivity index (χ0n) is 18.5. The van der Waals surface area contributed by atoms with Crippen LogP contribution in [0.4, 0.5) is 28.9 Å². The van der Waals surface area contributed by atoms with Gasteiger partial charge in [0.2, 0.25) is 5.91 Å². The van der Waals surface area contributed by atoms with Gasteiger partial charge in [-0.15, -0.1) is 0 Å².